The van der Waals surface area contributed by atoms with Crippen LogP contribution in [-0.2, 0) is 4.74 Å². The topological polar surface area (TPSA) is 103 Å². The average molecular weight is 438 g/mol. The molecule has 1 aliphatic carbocycles. The summed E-state index contributed by atoms with van der Waals surface area (Å²) < 4.78 is 10.8. The van der Waals surface area contributed by atoms with Crippen molar-refractivity contribution in [2.24, 2.45) is 0 Å². The molecule has 2 heterocycles. The third-order valence-corrected chi connectivity index (χ3v) is 5.53. The summed E-state index contributed by atoms with van der Waals surface area (Å²) in [4.78, 5) is 16.6. The number of nitrogens with two attached hydrogens (primary N) is 1. The number of benzene rings is 2. The second-order valence-electron chi connectivity index (χ2n) is 7.69. The lowest BCUT2D eigenvalue weighted by Gasteiger charge is -2.16. The lowest BCUT2D eigenvalue weighted by molar-refractivity contribution is 0.0600. The first kappa shape index (κ1) is 20.5. The predicted molar refractivity (Wildman–Crippen MR) is 128 cm³/mol. The van der Waals surface area contributed by atoms with Gasteiger partial charge in [0, 0.05) is 17.5 Å². The molecule has 5 rings (SSSR count). The molecule has 164 valence electrons. The van der Waals surface area contributed by atoms with Gasteiger partial charge in [-0.1, -0.05) is 30.4 Å². The smallest absolute Gasteiger partial charge is 0.337 e. The zero-order valence-corrected chi connectivity index (χ0v) is 18.0. The third-order valence-electron chi connectivity index (χ3n) is 5.53. The molecule has 1 aliphatic rings. The third kappa shape index (κ3) is 4.08. The van der Waals surface area contributed by atoms with Gasteiger partial charge in [-0.2, -0.15) is 5.10 Å². The highest BCUT2D eigenvalue weighted by Gasteiger charge is 2.16. The molecule has 3 N–H and O–H groups in total. The van der Waals surface area contributed by atoms with Gasteiger partial charge < -0.3 is 15.2 Å². The molecule has 0 bridgehead atoms. The van der Waals surface area contributed by atoms with Crippen LogP contribution in [0.2, 0.25) is 0 Å². The van der Waals surface area contributed by atoms with Crippen LogP contribution in [0.15, 0.2) is 78.9 Å². The Morgan fingerprint density at radius 1 is 1.06 bits per heavy atom. The van der Waals surface area contributed by atoms with E-state index in [2.05, 4.69) is 16.3 Å². The van der Waals surface area contributed by atoms with E-state index in [0.717, 1.165) is 45.6 Å². The molecule has 0 amide bonds. The van der Waals surface area contributed by atoms with Crippen LogP contribution < -0.4 is 10.5 Å². The maximum absolute atomic E-state index is 11.7. The van der Waals surface area contributed by atoms with E-state index in [0.29, 0.717) is 11.4 Å². The highest BCUT2D eigenvalue weighted by molar-refractivity contribution is 6.01. The van der Waals surface area contributed by atoms with E-state index in [4.69, 9.17) is 20.2 Å². The fraction of sp³-hybridized carbons (Fsp3) is 0.115. The van der Waals surface area contributed by atoms with Crippen LogP contribution in [0.1, 0.15) is 16.8 Å². The quantitative estimate of drug-likeness (QED) is 0.429. The van der Waals surface area contributed by atoms with Crippen molar-refractivity contribution in [2.75, 3.05) is 12.8 Å². The van der Waals surface area contributed by atoms with Gasteiger partial charge in [0.1, 0.15) is 11.9 Å². The summed E-state index contributed by atoms with van der Waals surface area (Å²) in [5.74, 6) is 0.795. The predicted octanol–water partition coefficient (Wildman–Crippen LogP) is 4.92. The Labute approximate surface area is 190 Å². The van der Waals surface area contributed by atoms with Crippen LogP contribution in [-0.4, -0.2) is 34.4 Å². The van der Waals surface area contributed by atoms with Crippen molar-refractivity contribution >= 4 is 22.7 Å². The molecule has 0 spiro atoms. The molecule has 0 aliphatic heterocycles. The molecule has 2 aromatic heterocycles. The van der Waals surface area contributed by atoms with E-state index in [1.54, 1.807) is 12.1 Å². The van der Waals surface area contributed by atoms with Gasteiger partial charge in [0.25, 0.3) is 0 Å². The molecule has 4 aromatic rings. The van der Waals surface area contributed by atoms with Crippen LogP contribution in [0.3, 0.4) is 0 Å². The van der Waals surface area contributed by atoms with E-state index >= 15 is 0 Å². The van der Waals surface area contributed by atoms with Crippen LogP contribution in [0.25, 0.3) is 33.4 Å². The summed E-state index contributed by atoms with van der Waals surface area (Å²) in [6.07, 6.45) is 9.03. The number of ether oxygens (including phenoxy) is 2. The summed E-state index contributed by atoms with van der Waals surface area (Å²) >= 11 is 0. The molecule has 33 heavy (non-hydrogen) atoms. The van der Waals surface area contributed by atoms with E-state index in [9.17, 15) is 4.79 Å². The summed E-state index contributed by atoms with van der Waals surface area (Å²) in [7, 11) is 1.36. The van der Waals surface area contributed by atoms with Crippen molar-refractivity contribution in [1.29, 1.82) is 0 Å². The Balaban J connectivity index is 1.51. The normalized spacial score (nSPS) is 15.0. The Morgan fingerprint density at radius 2 is 1.82 bits per heavy atom. The van der Waals surface area contributed by atoms with E-state index in [-0.39, 0.29) is 12.1 Å². The number of aromatic nitrogens is 3. The Kier molecular flexibility index (Phi) is 5.36. The maximum Gasteiger partial charge on any atom is 0.337 e. The van der Waals surface area contributed by atoms with E-state index < -0.39 is 0 Å². The number of allylic oxidation sites excluding steroid dienone is 2. The van der Waals surface area contributed by atoms with Crippen molar-refractivity contribution in [2.45, 2.75) is 12.5 Å². The molecule has 7 nitrogen and oxygen atoms in total. The number of esters is 1. The Bertz CT molecular complexity index is 1370. The van der Waals surface area contributed by atoms with Gasteiger partial charge in [0.05, 0.1) is 35.0 Å². The number of hydrogen-bond acceptors (Lipinski definition) is 6. The Morgan fingerprint density at radius 3 is 2.52 bits per heavy atom. The number of anilines is 1. The largest absolute Gasteiger partial charge is 0.486 e. The monoisotopic (exact) mass is 438 g/mol. The standard InChI is InChI=1S/C26H22N4O3/c1-32-26(31)18-9-7-16(8-10-18)21-15-22-23(25(27)30-29-22)24(28-21)17-11-13-20(14-12-17)33-19-5-3-2-4-6-19/h2-5,7-15,19H,6H2,1H3,(H3,27,29,30). The zero-order valence-electron chi connectivity index (χ0n) is 18.0. The fourth-order valence-corrected chi connectivity index (χ4v) is 3.83. The van der Waals surface area contributed by atoms with Gasteiger partial charge in [-0.3, -0.25) is 5.10 Å². The molecular weight excluding hydrogens is 416 g/mol. The lowest BCUT2D eigenvalue weighted by Crippen LogP contribution is -2.13. The highest BCUT2D eigenvalue weighted by Crippen LogP contribution is 2.34. The van der Waals surface area contributed by atoms with E-state index in [1.165, 1.54) is 7.11 Å². The Hall–Kier alpha value is -4.39. The fourth-order valence-electron chi connectivity index (χ4n) is 3.83. The molecule has 2 aromatic carbocycles. The minimum atomic E-state index is -0.381. The van der Waals surface area contributed by atoms with Gasteiger partial charge in [0.15, 0.2) is 5.82 Å². The summed E-state index contributed by atoms with van der Waals surface area (Å²) in [6.45, 7) is 0. The first-order valence-electron chi connectivity index (χ1n) is 10.6. The number of carbonyl (C=O) groups excluding carboxylic acids is 1. The molecule has 0 saturated carbocycles. The molecule has 1 unspecified atom stereocenters. The number of methoxy groups -OCH3 is 1. The average Bonchev–Trinajstić information content (AvgIpc) is 3.25. The number of pyridine rings is 1. The molecule has 0 saturated heterocycles. The second kappa shape index (κ2) is 8.63. The molecule has 1 atom stereocenters. The van der Waals surface area contributed by atoms with Crippen LogP contribution >= 0.6 is 0 Å². The number of H-pyrrole nitrogens is 1. The minimum absolute atomic E-state index is 0.0338. The van der Waals surface area contributed by atoms with Crippen molar-refractivity contribution in [3.8, 4) is 28.3 Å². The zero-order chi connectivity index (χ0) is 22.8. The number of nitrogens with one attached hydrogen (secondary N) is 1. The first-order chi connectivity index (χ1) is 16.1. The van der Waals surface area contributed by atoms with E-state index in [1.807, 2.05) is 60.7 Å². The SMILES string of the molecule is COC(=O)c1ccc(-c2cc3[nH]nc(N)c3c(-c3ccc(OC4C=CC=CC4)cc3)n2)cc1. The first-order valence-corrected chi connectivity index (χ1v) is 10.6. The number of carbonyl (C=O) groups is 1. The summed E-state index contributed by atoms with van der Waals surface area (Å²) in [5, 5.41) is 7.92. The molecule has 0 radical (unpaired) electrons. The number of aromatic amines is 1. The van der Waals surface area contributed by atoms with Crippen molar-refractivity contribution < 1.29 is 14.3 Å². The van der Waals surface area contributed by atoms with Gasteiger partial charge in [-0.15, -0.1) is 0 Å². The van der Waals surface area contributed by atoms with Gasteiger partial charge in [-0.25, -0.2) is 9.78 Å². The second-order valence-corrected chi connectivity index (χ2v) is 7.69. The lowest BCUT2D eigenvalue weighted by atomic mass is 10.0. The minimum Gasteiger partial charge on any atom is -0.486 e. The number of nitrogen functional groups attached to an aromatic ring is 1. The van der Waals surface area contributed by atoms with Crippen molar-refractivity contribution in [1.82, 2.24) is 15.2 Å². The number of nitrogens with zero attached hydrogens (tertiary/aromatic N) is 2. The van der Waals surface area contributed by atoms with Gasteiger partial charge in [-0.05, 0) is 48.5 Å². The van der Waals surface area contributed by atoms with Crippen LogP contribution in [0.5, 0.6) is 5.75 Å². The van der Waals surface area contributed by atoms with Crippen molar-refractivity contribution in [3.05, 3.63) is 84.5 Å². The highest BCUT2D eigenvalue weighted by atomic mass is 16.5. The maximum atomic E-state index is 11.7. The number of fused-ring (bicyclic) bond motifs is 1. The van der Waals surface area contributed by atoms with Crippen molar-refractivity contribution in [3.63, 3.8) is 0 Å². The molecule has 7 heteroatoms. The number of rotatable bonds is 5. The molecule has 0 fully saturated rings. The summed E-state index contributed by atoms with van der Waals surface area (Å²) in [6, 6.07) is 16.8. The van der Waals surface area contributed by atoms with Gasteiger partial charge in [0.2, 0.25) is 0 Å². The summed E-state index contributed by atoms with van der Waals surface area (Å²) in [5.41, 5.74) is 10.6. The molecular formula is C26H22N4O3. The number of hydrogen-bond donors (Lipinski definition) is 2. The van der Waals surface area contributed by atoms with Gasteiger partial charge >= 0.3 is 5.97 Å². The van der Waals surface area contributed by atoms with Crippen LogP contribution in [0, 0.1) is 0 Å². The van der Waals surface area contributed by atoms with Crippen LogP contribution in [0.4, 0.5) is 5.82 Å².